The number of fused-ring (bicyclic) bond motifs is 1. The van der Waals surface area contributed by atoms with Crippen LogP contribution in [0.3, 0.4) is 0 Å². The molecule has 1 fully saturated rings. The van der Waals surface area contributed by atoms with E-state index in [4.69, 9.17) is 4.74 Å². The zero-order chi connectivity index (χ0) is 23.2. The lowest BCUT2D eigenvalue weighted by Gasteiger charge is -2.40. The first-order valence-electron chi connectivity index (χ1n) is 10.5. The van der Waals surface area contributed by atoms with Gasteiger partial charge in [-0.15, -0.1) is 0 Å². The van der Waals surface area contributed by atoms with Crippen molar-refractivity contribution < 1.29 is 34.7 Å². The van der Waals surface area contributed by atoms with Gasteiger partial charge in [0.2, 0.25) is 0 Å². The maximum atomic E-state index is 14.8. The highest BCUT2D eigenvalue weighted by molar-refractivity contribution is 5.85. The second kappa shape index (κ2) is 8.55. The Hall–Kier alpha value is -2.33. The Morgan fingerprint density at radius 1 is 1.00 bits per heavy atom. The van der Waals surface area contributed by atoms with Crippen molar-refractivity contribution in [2.45, 2.75) is 56.5 Å². The average Bonchev–Trinajstić information content (AvgIpc) is 3.11. The standard InChI is InChI=1S/C24H28FNO6/c1-24(2,31)15-8-6-13(7-9-15)10-14-11-26(17-5-3-4-16(25)19(14)17)23-22(30)21(29)20(28)18(12-27)32-23/h3-9,11,18,20-23,27-31H,10,12H2,1-2H3/t18-,20-,21+,22-,23-/m1/s1. The van der Waals surface area contributed by atoms with E-state index in [1.807, 2.05) is 24.3 Å². The van der Waals surface area contributed by atoms with Gasteiger partial charge in [0.25, 0.3) is 0 Å². The molecular formula is C24H28FNO6. The molecule has 2 heterocycles. The molecule has 0 saturated carbocycles. The summed E-state index contributed by atoms with van der Waals surface area (Å²) in [5.74, 6) is -0.436. The Balaban J connectivity index is 1.74. The van der Waals surface area contributed by atoms with Crippen molar-refractivity contribution in [3.05, 3.63) is 71.2 Å². The predicted octanol–water partition coefficient (Wildman–Crippen LogP) is 1.57. The molecule has 3 aromatic rings. The number of aliphatic hydroxyl groups is 5. The normalized spacial score (nSPS) is 26.6. The summed E-state index contributed by atoms with van der Waals surface area (Å²) in [6.45, 7) is 2.85. The number of ether oxygens (including phenoxy) is 1. The first-order chi connectivity index (χ1) is 15.1. The van der Waals surface area contributed by atoms with Gasteiger partial charge in [-0.05, 0) is 49.1 Å². The molecule has 0 unspecified atom stereocenters. The van der Waals surface area contributed by atoms with Crippen LogP contribution in [0.2, 0.25) is 0 Å². The van der Waals surface area contributed by atoms with Crippen molar-refractivity contribution in [3.8, 4) is 0 Å². The predicted molar refractivity (Wildman–Crippen MR) is 115 cm³/mol. The Morgan fingerprint density at radius 3 is 2.31 bits per heavy atom. The quantitative estimate of drug-likeness (QED) is 0.407. The van der Waals surface area contributed by atoms with Crippen LogP contribution in [0.5, 0.6) is 0 Å². The van der Waals surface area contributed by atoms with E-state index in [-0.39, 0.29) is 0 Å². The average molecular weight is 445 g/mol. The summed E-state index contributed by atoms with van der Waals surface area (Å²) in [7, 11) is 0. The van der Waals surface area contributed by atoms with Crippen LogP contribution in [-0.2, 0) is 16.8 Å². The molecule has 1 saturated heterocycles. The maximum absolute atomic E-state index is 14.8. The van der Waals surface area contributed by atoms with E-state index in [1.165, 1.54) is 10.6 Å². The van der Waals surface area contributed by atoms with Gasteiger partial charge in [0.15, 0.2) is 6.23 Å². The summed E-state index contributed by atoms with van der Waals surface area (Å²) >= 11 is 0. The molecule has 4 rings (SSSR count). The number of rotatable bonds is 5. The molecule has 0 bridgehead atoms. The molecule has 1 aliphatic rings. The summed E-state index contributed by atoms with van der Waals surface area (Å²) in [4.78, 5) is 0. The largest absolute Gasteiger partial charge is 0.394 e. The second-order valence-corrected chi connectivity index (χ2v) is 8.85. The van der Waals surface area contributed by atoms with E-state index in [0.717, 1.165) is 11.1 Å². The molecule has 8 heteroatoms. The summed E-state index contributed by atoms with van der Waals surface area (Å²) in [5, 5.41) is 50.8. The number of benzene rings is 2. The minimum atomic E-state index is -1.53. The molecule has 5 N–H and O–H groups in total. The first-order valence-corrected chi connectivity index (χ1v) is 10.5. The third kappa shape index (κ3) is 4.05. The van der Waals surface area contributed by atoms with Gasteiger partial charge in [-0.2, -0.15) is 0 Å². The SMILES string of the molecule is CC(C)(O)c1ccc(Cc2cn([C@@H]3O[C@H](CO)[C@@H](O)[C@H](O)[C@H]3O)c3cccc(F)c23)cc1. The van der Waals surface area contributed by atoms with Gasteiger partial charge >= 0.3 is 0 Å². The number of aliphatic hydroxyl groups excluding tert-OH is 4. The van der Waals surface area contributed by atoms with Crippen LogP contribution in [0.1, 0.15) is 36.8 Å². The Labute approximate surface area is 184 Å². The van der Waals surface area contributed by atoms with Crippen LogP contribution in [0.4, 0.5) is 4.39 Å². The highest BCUT2D eigenvalue weighted by Gasteiger charge is 2.44. The van der Waals surface area contributed by atoms with Crippen molar-refractivity contribution in [2.75, 3.05) is 6.61 Å². The van der Waals surface area contributed by atoms with Crippen molar-refractivity contribution in [3.63, 3.8) is 0 Å². The molecule has 1 aliphatic heterocycles. The van der Waals surface area contributed by atoms with Crippen molar-refractivity contribution >= 4 is 10.9 Å². The molecule has 0 amide bonds. The van der Waals surface area contributed by atoms with Gasteiger partial charge in [0.05, 0.1) is 17.7 Å². The Kier molecular flexibility index (Phi) is 6.10. The van der Waals surface area contributed by atoms with Crippen LogP contribution >= 0.6 is 0 Å². The van der Waals surface area contributed by atoms with Crippen LogP contribution in [0.15, 0.2) is 48.7 Å². The lowest BCUT2D eigenvalue weighted by Crippen LogP contribution is -2.56. The topological polar surface area (TPSA) is 115 Å². The van der Waals surface area contributed by atoms with E-state index < -0.39 is 48.7 Å². The molecule has 0 spiro atoms. The number of hydrogen-bond acceptors (Lipinski definition) is 6. The van der Waals surface area contributed by atoms with Gasteiger partial charge in [0, 0.05) is 11.6 Å². The van der Waals surface area contributed by atoms with Crippen LogP contribution in [-0.4, -0.2) is 61.1 Å². The molecule has 0 radical (unpaired) electrons. The minimum Gasteiger partial charge on any atom is -0.394 e. The van der Waals surface area contributed by atoms with Gasteiger partial charge in [-0.3, -0.25) is 0 Å². The third-order valence-electron chi connectivity index (χ3n) is 6.08. The van der Waals surface area contributed by atoms with Crippen molar-refractivity contribution in [1.82, 2.24) is 4.57 Å². The van der Waals surface area contributed by atoms with Gasteiger partial charge in [0.1, 0.15) is 30.2 Å². The number of aromatic nitrogens is 1. The fourth-order valence-electron chi connectivity index (χ4n) is 4.25. The molecule has 1 aromatic heterocycles. The Morgan fingerprint density at radius 2 is 1.69 bits per heavy atom. The zero-order valence-corrected chi connectivity index (χ0v) is 17.9. The van der Waals surface area contributed by atoms with Crippen LogP contribution < -0.4 is 0 Å². The number of nitrogens with zero attached hydrogens (tertiary/aromatic N) is 1. The molecule has 172 valence electrons. The smallest absolute Gasteiger partial charge is 0.163 e. The van der Waals surface area contributed by atoms with Crippen molar-refractivity contribution in [2.24, 2.45) is 0 Å². The van der Waals surface area contributed by atoms with Gasteiger partial charge in [-0.25, -0.2) is 4.39 Å². The third-order valence-corrected chi connectivity index (χ3v) is 6.08. The van der Waals surface area contributed by atoms with Crippen LogP contribution in [0.25, 0.3) is 10.9 Å². The zero-order valence-electron chi connectivity index (χ0n) is 17.9. The second-order valence-electron chi connectivity index (χ2n) is 8.85. The monoisotopic (exact) mass is 445 g/mol. The van der Waals surface area contributed by atoms with Crippen molar-refractivity contribution in [1.29, 1.82) is 0 Å². The van der Waals surface area contributed by atoms with E-state index in [9.17, 15) is 29.9 Å². The van der Waals surface area contributed by atoms with E-state index >= 15 is 0 Å². The maximum Gasteiger partial charge on any atom is 0.163 e. The Bertz CT molecular complexity index is 1090. The molecule has 7 nitrogen and oxygen atoms in total. The highest BCUT2D eigenvalue weighted by atomic mass is 19.1. The lowest BCUT2D eigenvalue weighted by atomic mass is 9.95. The molecule has 0 aliphatic carbocycles. The first kappa shape index (κ1) is 22.8. The molecule has 2 aromatic carbocycles. The summed E-state index contributed by atoms with van der Waals surface area (Å²) in [6, 6.07) is 11.9. The van der Waals surface area contributed by atoms with E-state index in [2.05, 4.69) is 0 Å². The highest BCUT2D eigenvalue weighted by Crippen LogP contribution is 2.35. The fourth-order valence-corrected chi connectivity index (χ4v) is 4.25. The lowest BCUT2D eigenvalue weighted by molar-refractivity contribution is -0.250. The number of halogens is 1. The summed E-state index contributed by atoms with van der Waals surface area (Å²) in [6.07, 6.45) is -4.64. The molecule has 32 heavy (non-hydrogen) atoms. The minimum absolute atomic E-state index is 0.357. The van der Waals surface area contributed by atoms with Gasteiger partial charge < -0.3 is 34.8 Å². The fraction of sp³-hybridized carbons (Fsp3) is 0.417. The summed E-state index contributed by atoms with van der Waals surface area (Å²) < 4.78 is 22.1. The molecule has 5 atom stereocenters. The van der Waals surface area contributed by atoms with Crippen LogP contribution in [0, 0.1) is 5.82 Å². The number of hydrogen-bond donors (Lipinski definition) is 5. The molecular weight excluding hydrogens is 417 g/mol. The van der Waals surface area contributed by atoms with Gasteiger partial charge in [-0.1, -0.05) is 30.3 Å². The summed E-state index contributed by atoms with van der Waals surface area (Å²) in [5.41, 5.74) is 1.79. The van der Waals surface area contributed by atoms with E-state index in [1.54, 1.807) is 32.2 Å². The van der Waals surface area contributed by atoms with E-state index in [0.29, 0.717) is 22.9 Å².